The molecule has 0 spiro atoms. The maximum Gasteiger partial charge on any atom is 0.137 e. The first-order valence-corrected chi connectivity index (χ1v) is 6.89. The zero-order valence-corrected chi connectivity index (χ0v) is 11.2. The average molecular weight is 259 g/mol. The van der Waals surface area contributed by atoms with Crippen LogP contribution in [0.15, 0.2) is 24.3 Å². The van der Waals surface area contributed by atoms with E-state index in [-0.39, 0.29) is 0 Å². The van der Waals surface area contributed by atoms with Gasteiger partial charge in [0, 0.05) is 12.6 Å². The molecule has 2 rings (SSSR count). The van der Waals surface area contributed by atoms with Gasteiger partial charge in [0.25, 0.3) is 0 Å². The molecule has 102 valence electrons. The Bertz CT molecular complexity index is 433. The molecule has 19 heavy (non-hydrogen) atoms. The van der Waals surface area contributed by atoms with Crippen LogP contribution in [0.4, 0.5) is 0 Å². The molecule has 0 aliphatic carbocycles. The van der Waals surface area contributed by atoms with E-state index in [0.29, 0.717) is 24.0 Å². The van der Waals surface area contributed by atoms with Crippen molar-refractivity contribution >= 4 is 0 Å². The van der Waals surface area contributed by atoms with Crippen LogP contribution >= 0.6 is 0 Å². The van der Waals surface area contributed by atoms with E-state index in [1.807, 2.05) is 18.2 Å². The first kappa shape index (κ1) is 13.9. The fourth-order valence-electron chi connectivity index (χ4n) is 2.33. The SMILES string of the molecule is N#Cc1ccccc1OCCCN1CCC(N)CC1. The van der Waals surface area contributed by atoms with Crippen LogP contribution in [0, 0.1) is 11.3 Å². The van der Waals surface area contributed by atoms with Crippen LogP contribution in [-0.4, -0.2) is 37.2 Å². The molecular formula is C15H21N3O. The predicted molar refractivity (Wildman–Crippen MR) is 74.9 cm³/mol. The van der Waals surface area contributed by atoms with Crippen molar-refractivity contribution < 1.29 is 4.74 Å². The minimum absolute atomic E-state index is 0.384. The molecule has 0 bridgehead atoms. The van der Waals surface area contributed by atoms with Crippen molar-refractivity contribution in [1.82, 2.24) is 4.90 Å². The highest BCUT2D eigenvalue weighted by molar-refractivity contribution is 5.42. The lowest BCUT2D eigenvalue weighted by Crippen LogP contribution is -2.40. The Morgan fingerprint density at radius 3 is 2.79 bits per heavy atom. The third kappa shape index (κ3) is 4.23. The third-order valence-corrected chi connectivity index (χ3v) is 3.52. The second kappa shape index (κ2) is 7.13. The maximum atomic E-state index is 8.95. The first-order chi connectivity index (χ1) is 9.29. The van der Waals surface area contributed by atoms with Crippen LogP contribution in [-0.2, 0) is 0 Å². The number of likely N-dealkylation sites (tertiary alicyclic amines) is 1. The van der Waals surface area contributed by atoms with E-state index < -0.39 is 0 Å². The summed E-state index contributed by atoms with van der Waals surface area (Å²) in [5.41, 5.74) is 6.48. The van der Waals surface area contributed by atoms with Crippen molar-refractivity contribution in [2.24, 2.45) is 5.73 Å². The van der Waals surface area contributed by atoms with Crippen molar-refractivity contribution in [2.45, 2.75) is 25.3 Å². The molecule has 4 heteroatoms. The third-order valence-electron chi connectivity index (χ3n) is 3.52. The van der Waals surface area contributed by atoms with Crippen molar-refractivity contribution in [3.05, 3.63) is 29.8 Å². The predicted octanol–water partition coefficient (Wildman–Crippen LogP) is 1.75. The fraction of sp³-hybridized carbons (Fsp3) is 0.533. The van der Waals surface area contributed by atoms with Gasteiger partial charge in [-0.1, -0.05) is 12.1 Å². The molecule has 1 heterocycles. The normalized spacial score (nSPS) is 17.1. The molecule has 1 aromatic rings. The van der Waals surface area contributed by atoms with E-state index >= 15 is 0 Å². The summed E-state index contributed by atoms with van der Waals surface area (Å²) in [6, 6.07) is 9.89. The lowest BCUT2D eigenvalue weighted by molar-refractivity contribution is 0.193. The lowest BCUT2D eigenvalue weighted by Gasteiger charge is -2.29. The molecule has 0 aromatic heterocycles. The standard InChI is InChI=1S/C15H21N3O/c16-12-13-4-1-2-5-15(13)19-11-3-8-18-9-6-14(17)7-10-18/h1-2,4-5,14H,3,6-11,17H2. The molecular weight excluding hydrogens is 238 g/mol. The Balaban J connectivity index is 1.68. The smallest absolute Gasteiger partial charge is 0.137 e. The van der Waals surface area contributed by atoms with Gasteiger partial charge in [-0.15, -0.1) is 0 Å². The molecule has 1 aliphatic heterocycles. The highest BCUT2D eigenvalue weighted by Crippen LogP contribution is 2.16. The highest BCUT2D eigenvalue weighted by Gasteiger charge is 2.15. The topological polar surface area (TPSA) is 62.3 Å². The molecule has 2 N–H and O–H groups in total. The number of nitriles is 1. The van der Waals surface area contributed by atoms with Crippen molar-refractivity contribution in [3.8, 4) is 11.8 Å². The zero-order chi connectivity index (χ0) is 13.5. The minimum Gasteiger partial charge on any atom is -0.492 e. The quantitative estimate of drug-likeness (QED) is 0.818. The number of nitrogens with two attached hydrogens (primary N) is 1. The summed E-state index contributed by atoms with van der Waals surface area (Å²) in [4.78, 5) is 2.43. The number of hydrogen-bond donors (Lipinski definition) is 1. The molecule has 4 nitrogen and oxygen atoms in total. The number of ether oxygens (including phenoxy) is 1. The number of piperidine rings is 1. The van der Waals surface area contributed by atoms with Gasteiger partial charge in [0.05, 0.1) is 12.2 Å². The molecule has 1 aliphatic rings. The van der Waals surface area contributed by atoms with E-state index in [1.54, 1.807) is 6.07 Å². The second-order valence-electron chi connectivity index (χ2n) is 4.99. The summed E-state index contributed by atoms with van der Waals surface area (Å²) in [5.74, 6) is 0.686. The van der Waals surface area contributed by atoms with Crippen molar-refractivity contribution in [1.29, 1.82) is 5.26 Å². The van der Waals surface area contributed by atoms with Crippen LogP contribution < -0.4 is 10.5 Å². The van der Waals surface area contributed by atoms with E-state index in [0.717, 1.165) is 38.9 Å². The van der Waals surface area contributed by atoms with Gasteiger partial charge in [0.15, 0.2) is 0 Å². The van der Waals surface area contributed by atoms with Gasteiger partial charge in [-0.25, -0.2) is 0 Å². The average Bonchev–Trinajstić information content (AvgIpc) is 2.46. The summed E-state index contributed by atoms with van der Waals surface area (Å²) >= 11 is 0. The maximum absolute atomic E-state index is 8.95. The van der Waals surface area contributed by atoms with Gasteiger partial charge < -0.3 is 15.4 Å². The monoisotopic (exact) mass is 259 g/mol. The zero-order valence-electron chi connectivity index (χ0n) is 11.2. The number of nitrogens with zero attached hydrogens (tertiary/aromatic N) is 2. The Kier molecular flexibility index (Phi) is 5.20. The summed E-state index contributed by atoms with van der Waals surface area (Å²) in [6.45, 7) is 3.88. The number of hydrogen-bond acceptors (Lipinski definition) is 4. The summed E-state index contributed by atoms with van der Waals surface area (Å²) in [7, 11) is 0. The molecule has 0 unspecified atom stereocenters. The molecule has 0 amide bonds. The largest absolute Gasteiger partial charge is 0.492 e. The summed E-state index contributed by atoms with van der Waals surface area (Å²) in [6.07, 6.45) is 3.17. The van der Waals surface area contributed by atoms with Crippen LogP contribution in [0.2, 0.25) is 0 Å². The van der Waals surface area contributed by atoms with Crippen LogP contribution in [0.1, 0.15) is 24.8 Å². The van der Waals surface area contributed by atoms with Crippen LogP contribution in [0.25, 0.3) is 0 Å². The molecule has 0 saturated carbocycles. The van der Waals surface area contributed by atoms with Crippen LogP contribution in [0.3, 0.4) is 0 Å². The van der Waals surface area contributed by atoms with E-state index in [1.165, 1.54) is 0 Å². The minimum atomic E-state index is 0.384. The van der Waals surface area contributed by atoms with Gasteiger partial charge in [-0.2, -0.15) is 5.26 Å². The van der Waals surface area contributed by atoms with Gasteiger partial charge in [-0.3, -0.25) is 0 Å². The molecule has 1 saturated heterocycles. The Hall–Kier alpha value is -1.57. The summed E-state index contributed by atoms with van der Waals surface area (Å²) < 4.78 is 5.67. The van der Waals surface area contributed by atoms with Crippen molar-refractivity contribution in [2.75, 3.05) is 26.2 Å². The Morgan fingerprint density at radius 2 is 2.05 bits per heavy atom. The molecule has 0 radical (unpaired) electrons. The second-order valence-corrected chi connectivity index (χ2v) is 4.99. The molecule has 1 aromatic carbocycles. The van der Waals surface area contributed by atoms with Gasteiger partial charge in [-0.05, 0) is 44.5 Å². The summed E-state index contributed by atoms with van der Waals surface area (Å²) in [5, 5.41) is 8.95. The molecule has 1 fully saturated rings. The lowest BCUT2D eigenvalue weighted by atomic mass is 10.1. The first-order valence-electron chi connectivity index (χ1n) is 6.89. The Morgan fingerprint density at radius 1 is 1.32 bits per heavy atom. The highest BCUT2D eigenvalue weighted by atomic mass is 16.5. The van der Waals surface area contributed by atoms with Gasteiger partial charge in [0.1, 0.15) is 11.8 Å². The van der Waals surface area contributed by atoms with Crippen LogP contribution in [0.5, 0.6) is 5.75 Å². The van der Waals surface area contributed by atoms with Gasteiger partial charge in [0.2, 0.25) is 0 Å². The van der Waals surface area contributed by atoms with Gasteiger partial charge >= 0.3 is 0 Å². The van der Waals surface area contributed by atoms with E-state index in [2.05, 4.69) is 11.0 Å². The Labute approximate surface area is 114 Å². The van der Waals surface area contributed by atoms with Crippen molar-refractivity contribution in [3.63, 3.8) is 0 Å². The van der Waals surface area contributed by atoms with E-state index in [9.17, 15) is 0 Å². The molecule has 0 atom stereocenters. The fourth-order valence-corrected chi connectivity index (χ4v) is 2.33. The van der Waals surface area contributed by atoms with E-state index in [4.69, 9.17) is 15.7 Å². The number of para-hydroxylation sites is 1. The number of benzene rings is 1. The number of rotatable bonds is 5.